The van der Waals surface area contributed by atoms with Crippen molar-refractivity contribution in [1.82, 2.24) is 10.3 Å². The van der Waals surface area contributed by atoms with Gasteiger partial charge in [-0.05, 0) is 30.6 Å². The van der Waals surface area contributed by atoms with Gasteiger partial charge in [0.15, 0.2) is 0 Å². The van der Waals surface area contributed by atoms with Crippen molar-refractivity contribution in [3.8, 4) is 0 Å². The van der Waals surface area contributed by atoms with E-state index in [1.54, 1.807) is 5.51 Å². The lowest BCUT2D eigenvalue weighted by atomic mass is 9.78. The molecule has 1 aliphatic rings. The Bertz CT molecular complexity index is 507. The second-order valence-corrected chi connectivity index (χ2v) is 9.12. The van der Waals surface area contributed by atoms with Crippen molar-refractivity contribution in [2.45, 2.75) is 72.1 Å². The molecule has 22 heavy (non-hydrogen) atoms. The molecule has 0 bridgehead atoms. The summed E-state index contributed by atoms with van der Waals surface area (Å²) in [5.41, 5.74) is 2.93. The van der Waals surface area contributed by atoms with E-state index in [1.165, 1.54) is 43.4 Å². The highest BCUT2D eigenvalue weighted by Crippen LogP contribution is 2.42. The highest BCUT2D eigenvalue weighted by molar-refractivity contribution is 7.11. The Kier molecular flexibility index (Phi) is 5.31. The van der Waals surface area contributed by atoms with Gasteiger partial charge in [-0.15, -0.1) is 11.3 Å². The molecule has 2 rings (SSSR count). The number of hydrogen-bond acceptors (Lipinski definition) is 3. The van der Waals surface area contributed by atoms with Gasteiger partial charge < -0.3 is 5.32 Å². The predicted octanol–water partition coefficient (Wildman–Crippen LogP) is 4.78. The fourth-order valence-corrected chi connectivity index (χ4v) is 4.65. The van der Waals surface area contributed by atoms with Gasteiger partial charge in [-0.1, -0.05) is 47.5 Å². The summed E-state index contributed by atoms with van der Waals surface area (Å²) in [5, 5.41) is 3.22. The number of carbonyl (C=O) groups is 1. The molecule has 0 atom stereocenters. The molecule has 1 aromatic rings. The number of carbonyl (C=O) groups excluding carboxylic acids is 1. The van der Waals surface area contributed by atoms with Gasteiger partial charge in [0.25, 0.3) is 5.91 Å². The monoisotopic (exact) mass is 322 g/mol. The highest BCUT2D eigenvalue weighted by atomic mass is 32.1. The first-order valence-electron chi connectivity index (χ1n) is 8.46. The molecule has 1 fully saturated rings. The summed E-state index contributed by atoms with van der Waals surface area (Å²) in [5.74, 6) is 0.742. The number of nitrogens with zero attached hydrogens (tertiary/aromatic N) is 1. The first-order valence-corrected chi connectivity index (χ1v) is 9.34. The number of rotatable bonds is 5. The van der Waals surface area contributed by atoms with Crippen molar-refractivity contribution < 1.29 is 4.79 Å². The lowest BCUT2D eigenvalue weighted by Gasteiger charge is -2.31. The van der Waals surface area contributed by atoms with E-state index in [0.717, 1.165) is 17.1 Å². The van der Waals surface area contributed by atoms with Gasteiger partial charge in [-0.2, -0.15) is 0 Å². The maximum Gasteiger partial charge on any atom is 0.263 e. The van der Waals surface area contributed by atoms with Crippen LogP contribution in [0.5, 0.6) is 0 Å². The van der Waals surface area contributed by atoms with Crippen molar-refractivity contribution in [1.29, 1.82) is 0 Å². The Hall–Kier alpha value is -0.900. The van der Waals surface area contributed by atoms with E-state index >= 15 is 0 Å². The van der Waals surface area contributed by atoms with Gasteiger partial charge in [-0.3, -0.25) is 4.79 Å². The van der Waals surface area contributed by atoms with Crippen LogP contribution in [0.15, 0.2) is 5.51 Å². The second kappa shape index (κ2) is 6.69. The van der Waals surface area contributed by atoms with Crippen molar-refractivity contribution in [3.05, 3.63) is 16.1 Å². The molecule has 1 amide bonds. The van der Waals surface area contributed by atoms with Gasteiger partial charge in [0, 0.05) is 12.0 Å². The fourth-order valence-electron chi connectivity index (χ4n) is 3.73. The standard InChI is InChI=1S/C18H30N2OS/c1-13(2)10-18(8-6-7-9-18)11-19-16(21)14-15(17(3,4)5)20-12-22-14/h12-13H,6-11H2,1-5H3,(H,19,21). The number of thiazole rings is 1. The largest absolute Gasteiger partial charge is 0.351 e. The van der Waals surface area contributed by atoms with Crippen molar-refractivity contribution in [2.75, 3.05) is 6.54 Å². The van der Waals surface area contributed by atoms with Crippen LogP contribution in [0, 0.1) is 11.3 Å². The summed E-state index contributed by atoms with van der Waals surface area (Å²) in [6, 6.07) is 0. The zero-order valence-electron chi connectivity index (χ0n) is 14.7. The van der Waals surface area contributed by atoms with Crippen LogP contribution in [0.3, 0.4) is 0 Å². The minimum Gasteiger partial charge on any atom is -0.351 e. The van der Waals surface area contributed by atoms with E-state index in [4.69, 9.17) is 0 Å². The Morgan fingerprint density at radius 3 is 2.55 bits per heavy atom. The zero-order valence-corrected chi connectivity index (χ0v) is 15.5. The summed E-state index contributed by atoms with van der Waals surface area (Å²) < 4.78 is 0. The van der Waals surface area contributed by atoms with Crippen LogP contribution in [0.4, 0.5) is 0 Å². The topological polar surface area (TPSA) is 42.0 Å². The third-order valence-electron chi connectivity index (χ3n) is 4.61. The molecule has 0 saturated heterocycles. The van der Waals surface area contributed by atoms with Gasteiger partial charge in [-0.25, -0.2) is 4.98 Å². The number of aromatic nitrogens is 1. The molecule has 0 aromatic carbocycles. The minimum atomic E-state index is -0.0876. The molecule has 124 valence electrons. The Morgan fingerprint density at radius 1 is 1.36 bits per heavy atom. The molecule has 4 heteroatoms. The average molecular weight is 323 g/mol. The molecule has 0 aliphatic heterocycles. The lowest BCUT2D eigenvalue weighted by molar-refractivity contribution is 0.0923. The first-order chi connectivity index (χ1) is 10.2. The van der Waals surface area contributed by atoms with Crippen LogP contribution in [0.1, 0.15) is 82.1 Å². The van der Waals surface area contributed by atoms with E-state index in [9.17, 15) is 4.79 Å². The molecule has 3 nitrogen and oxygen atoms in total. The van der Waals surface area contributed by atoms with Gasteiger partial charge >= 0.3 is 0 Å². The summed E-state index contributed by atoms with van der Waals surface area (Å²) >= 11 is 1.46. The molecule has 1 aliphatic carbocycles. The fraction of sp³-hybridized carbons (Fsp3) is 0.778. The molecular weight excluding hydrogens is 292 g/mol. The Balaban J connectivity index is 2.05. The van der Waals surface area contributed by atoms with Gasteiger partial charge in [0.05, 0.1) is 11.2 Å². The van der Waals surface area contributed by atoms with Crippen molar-refractivity contribution in [2.24, 2.45) is 11.3 Å². The first kappa shape index (κ1) is 17.5. The maximum atomic E-state index is 12.6. The number of nitrogens with one attached hydrogen (secondary N) is 1. The van der Waals surface area contributed by atoms with E-state index < -0.39 is 0 Å². The zero-order chi connectivity index (χ0) is 16.4. The summed E-state index contributed by atoms with van der Waals surface area (Å²) in [6.45, 7) is 11.7. The van der Waals surface area contributed by atoms with E-state index in [0.29, 0.717) is 11.3 Å². The summed E-state index contributed by atoms with van der Waals surface area (Å²) in [7, 11) is 0. The van der Waals surface area contributed by atoms with Crippen LogP contribution in [0.2, 0.25) is 0 Å². The molecule has 1 N–H and O–H groups in total. The second-order valence-electron chi connectivity index (χ2n) is 8.27. The molecule has 0 radical (unpaired) electrons. The summed E-state index contributed by atoms with van der Waals surface area (Å²) in [6.07, 6.45) is 6.31. The average Bonchev–Trinajstić information content (AvgIpc) is 3.03. The Labute approximate surface area is 138 Å². The van der Waals surface area contributed by atoms with E-state index in [1.807, 2.05) is 0 Å². The molecule has 1 saturated carbocycles. The third kappa shape index (κ3) is 4.09. The maximum absolute atomic E-state index is 12.6. The third-order valence-corrected chi connectivity index (χ3v) is 5.44. The van der Waals surface area contributed by atoms with Crippen LogP contribution < -0.4 is 5.32 Å². The van der Waals surface area contributed by atoms with Crippen LogP contribution in [0.25, 0.3) is 0 Å². The van der Waals surface area contributed by atoms with Crippen molar-refractivity contribution >= 4 is 17.2 Å². The van der Waals surface area contributed by atoms with Gasteiger partial charge in [0.1, 0.15) is 4.88 Å². The molecule has 1 heterocycles. The highest BCUT2D eigenvalue weighted by Gasteiger charge is 2.35. The Morgan fingerprint density at radius 2 is 2.00 bits per heavy atom. The smallest absolute Gasteiger partial charge is 0.263 e. The number of amides is 1. The normalized spacial score (nSPS) is 17.9. The SMILES string of the molecule is CC(C)CC1(CNC(=O)c2scnc2C(C)(C)C)CCCC1. The van der Waals surface area contributed by atoms with Crippen molar-refractivity contribution in [3.63, 3.8) is 0 Å². The van der Waals surface area contributed by atoms with Crippen LogP contribution >= 0.6 is 11.3 Å². The lowest BCUT2D eigenvalue weighted by Crippen LogP contribution is -2.37. The molecular formula is C18H30N2OS. The van der Waals surface area contributed by atoms with E-state index in [2.05, 4.69) is 44.9 Å². The molecule has 0 spiro atoms. The van der Waals surface area contributed by atoms with E-state index in [-0.39, 0.29) is 11.3 Å². The molecule has 0 unspecified atom stereocenters. The predicted molar refractivity (Wildman–Crippen MR) is 93.5 cm³/mol. The summed E-state index contributed by atoms with van der Waals surface area (Å²) in [4.78, 5) is 17.8. The van der Waals surface area contributed by atoms with Crippen LogP contribution in [-0.4, -0.2) is 17.4 Å². The number of hydrogen-bond donors (Lipinski definition) is 1. The minimum absolute atomic E-state index is 0.0578. The quantitative estimate of drug-likeness (QED) is 0.848. The van der Waals surface area contributed by atoms with Gasteiger partial charge in [0.2, 0.25) is 0 Å². The van der Waals surface area contributed by atoms with Crippen LogP contribution in [-0.2, 0) is 5.41 Å². The molecule has 1 aromatic heterocycles.